The van der Waals surface area contributed by atoms with E-state index in [-0.39, 0.29) is 59.7 Å². The zero-order valence-electron chi connectivity index (χ0n) is 45.4. The summed E-state index contributed by atoms with van der Waals surface area (Å²) < 4.78 is 7.00. The molecule has 3 fully saturated rings. The second kappa shape index (κ2) is 24.3. The van der Waals surface area contributed by atoms with Crippen LogP contribution in [0.4, 0.5) is 0 Å². The van der Waals surface area contributed by atoms with Crippen molar-refractivity contribution in [3.8, 4) is 23.3 Å². The highest BCUT2D eigenvalue weighted by Gasteiger charge is 2.61. The van der Waals surface area contributed by atoms with E-state index in [1.54, 1.807) is 21.6 Å². The first-order valence-corrected chi connectivity index (χ1v) is 31.9. The number of aliphatic hydroxyl groups is 5. The van der Waals surface area contributed by atoms with Gasteiger partial charge in [0, 0.05) is 83.7 Å². The van der Waals surface area contributed by atoms with E-state index in [0.717, 1.165) is 92.2 Å². The Labute approximate surface area is 470 Å². The summed E-state index contributed by atoms with van der Waals surface area (Å²) in [6.07, 6.45) is 15.3. The van der Waals surface area contributed by atoms with Crippen LogP contribution in [-0.2, 0) is 19.3 Å². The number of H-pyrrole nitrogens is 1. The molecule has 0 bridgehead atoms. The quantitative estimate of drug-likeness (QED) is 0.0418. The highest BCUT2D eigenvalue weighted by atomic mass is 33.1. The number of hydrogen-bond donors (Lipinski definition) is 9. The fourth-order valence-electron chi connectivity index (χ4n) is 16.3. The molecule has 10 nitrogen and oxygen atoms in total. The summed E-state index contributed by atoms with van der Waals surface area (Å²) in [7, 11) is 3.27. The summed E-state index contributed by atoms with van der Waals surface area (Å²) in [6.45, 7) is 2.66. The first-order valence-electron chi connectivity index (χ1n) is 29.4. The van der Waals surface area contributed by atoms with E-state index in [0.29, 0.717) is 61.9 Å². The van der Waals surface area contributed by atoms with Gasteiger partial charge in [0.05, 0.1) is 18.3 Å². The number of hydrogen-bond acceptors (Lipinski definition) is 11. The van der Waals surface area contributed by atoms with Crippen LogP contribution in [0, 0.1) is 64.1 Å². The lowest BCUT2D eigenvalue weighted by atomic mass is 9.44. The molecule has 78 heavy (non-hydrogen) atoms. The summed E-state index contributed by atoms with van der Waals surface area (Å²) >= 11 is 0. The molecule has 1 saturated heterocycles. The smallest absolute Gasteiger partial charge is 0.161 e. The lowest BCUT2D eigenvalue weighted by Crippen LogP contribution is -2.55. The normalized spacial score (nSPS) is 34.0. The summed E-state index contributed by atoms with van der Waals surface area (Å²) in [6, 6.07) is 29.9. The molecule has 2 saturated carbocycles. The Hall–Kier alpha value is -4.58. The van der Waals surface area contributed by atoms with Crippen molar-refractivity contribution in [1.82, 2.24) is 10.3 Å². The molecule has 2 aliphatic heterocycles. The van der Waals surface area contributed by atoms with Crippen LogP contribution in [0.5, 0.6) is 11.5 Å². The highest BCUT2D eigenvalue weighted by molar-refractivity contribution is 8.76. The van der Waals surface area contributed by atoms with Crippen LogP contribution in [0.1, 0.15) is 124 Å². The maximum Gasteiger partial charge on any atom is 0.161 e. The number of aromatic amines is 1. The topological polar surface area (TPSA) is 184 Å². The molecule has 4 aromatic rings. The van der Waals surface area contributed by atoms with Crippen LogP contribution in [0.15, 0.2) is 126 Å². The van der Waals surface area contributed by atoms with Gasteiger partial charge in [0.15, 0.2) is 11.5 Å². The third-order valence-electron chi connectivity index (χ3n) is 20.2. The molecule has 14 atom stereocenters. The Bertz CT molecular complexity index is 2840. The molecule has 0 unspecified atom stereocenters. The van der Waals surface area contributed by atoms with Crippen molar-refractivity contribution in [1.29, 1.82) is 0 Å². The second-order valence-electron chi connectivity index (χ2n) is 24.3. The summed E-state index contributed by atoms with van der Waals surface area (Å²) in [5.74, 6) is 9.02. The Morgan fingerprint density at radius 3 is 2.37 bits per heavy atom. The predicted molar refractivity (Wildman–Crippen MR) is 313 cm³/mol. The largest absolute Gasteiger partial charge is 0.504 e. The number of dihydropyridines is 1. The molecule has 2 spiro atoms. The van der Waals surface area contributed by atoms with E-state index in [4.69, 9.17) is 10.5 Å². The van der Waals surface area contributed by atoms with Gasteiger partial charge in [-0.1, -0.05) is 144 Å². The number of aliphatic hydroxyl groups excluding tert-OH is 5. The molecule has 11 rings (SSSR count). The number of allylic oxidation sites excluding steroid dienone is 3. The van der Waals surface area contributed by atoms with Crippen molar-refractivity contribution < 1.29 is 35.4 Å². The van der Waals surface area contributed by atoms with Gasteiger partial charge in [-0.3, -0.25) is 0 Å². The van der Waals surface area contributed by atoms with Crippen LogP contribution in [-0.4, -0.2) is 91.3 Å². The maximum atomic E-state index is 12.8. The minimum Gasteiger partial charge on any atom is -0.504 e. The van der Waals surface area contributed by atoms with Gasteiger partial charge >= 0.3 is 0 Å². The average Bonchev–Trinajstić information content (AvgIpc) is 4.29. The van der Waals surface area contributed by atoms with E-state index < -0.39 is 47.6 Å². The van der Waals surface area contributed by atoms with Gasteiger partial charge in [0.2, 0.25) is 0 Å². The summed E-state index contributed by atoms with van der Waals surface area (Å²) in [5.41, 5.74) is 15.2. The van der Waals surface area contributed by atoms with E-state index in [1.165, 1.54) is 16.7 Å². The van der Waals surface area contributed by atoms with Crippen LogP contribution in [0.2, 0.25) is 0 Å². The van der Waals surface area contributed by atoms with Crippen molar-refractivity contribution in [2.24, 2.45) is 58.0 Å². The number of phenols is 1. The number of phenolic OH excluding ortho intramolecular Hbond substituents is 1. The molecule has 5 aliphatic carbocycles. The number of aromatic nitrogens is 1. The molecule has 12 heteroatoms. The lowest BCUT2D eigenvalue weighted by molar-refractivity contribution is -0.0888. The lowest BCUT2D eigenvalue weighted by Gasteiger charge is -2.59. The van der Waals surface area contributed by atoms with Gasteiger partial charge in [-0.25, -0.2) is 0 Å². The molecule has 7 aliphatic rings. The fraction of sp³-hybridized carbons (Fsp3) is 0.545. The average molecular weight is 1090 g/mol. The Morgan fingerprint density at radius 1 is 0.846 bits per heavy atom. The minimum atomic E-state index is -1.06. The van der Waals surface area contributed by atoms with Crippen LogP contribution < -0.4 is 15.8 Å². The Balaban J connectivity index is 0.977. The number of benzene rings is 3. The van der Waals surface area contributed by atoms with Gasteiger partial charge < -0.3 is 51.4 Å². The number of fused-ring (bicyclic) bond motifs is 5. The number of aromatic hydroxyl groups is 1. The predicted octanol–water partition coefficient (Wildman–Crippen LogP) is 10.5. The Morgan fingerprint density at radius 2 is 1.63 bits per heavy atom. The zero-order valence-corrected chi connectivity index (χ0v) is 47.1. The zero-order chi connectivity index (χ0) is 54.0. The van der Waals surface area contributed by atoms with Crippen molar-refractivity contribution in [2.75, 3.05) is 31.3 Å². The molecule has 0 amide bonds. The van der Waals surface area contributed by atoms with Crippen LogP contribution in [0.3, 0.4) is 0 Å². The van der Waals surface area contributed by atoms with Crippen molar-refractivity contribution in [3.63, 3.8) is 0 Å². The van der Waals surface area contributed by atoms with Crippen LogP contribution in [0.25, 0.3) is 0 Å². The van der Waals surface area contributed by atoms with Crippen molar-refractivity contribution in [2.45, 2.75) is 139 Å². The van der Waals surface area contributed by atoms with Gasteiger partial charge in [-0.05, 0) is 152 Å². The minimum absolute atomic E-state index is 0.00414. The molecule has 1 aromatic heterocycles. The van der Waals surface area contributed by atoms with Crippen molar-refractivity contribution in [3.05, 3.63) is 154 Å². The highest BCUT2D eigenvalue weighted by Crippen LogP contribution is 2.67. The first kappa shape index (κ1) is 55.3. The molecule has 3 aromatic carbocycles. The van der Waals surface area contributed by atoms with Gasteiger partial charge in [0.25, 0.3) is 0 Å². The van der Waals surface area contributed by atoms with Crippen LogP contribution >= 0.6 is 21.6 Å². The van der Waals surface area contributed by atoms with E-state index in [9.17, 15) is 30.6 Å². The molecular formula is C66H83N3O7S2. The number of nitrogens with two attached hydrogens (primary N) is 1. The fourth-order valence-corrected chi connectivity index (χ4v) is 18.8. The summed E-state index contributed by atoms with van der Waals surface area (Å²) in [4.78, 5) is 3.39. The first-order chi connectivity index (χ1) is 38.0. The van der Waals surface area contributed by atoms with Gasteiger partial charge in [-0.2, -0.15) is 0 Å². The molecule has 0 radical (unpaired) electrons. The SMILES string of the molecule is CC[C@@H]1Cc2cc(O)c(O[C@H]3C[C@@H](Cc4ccc[nH]4)C4=CCNC(N)=C4CSSC[C@H](CO)[C@@H]3O)cc2[C@@H]2C[C@@H](O)[C@H]3[C@H](C#C[C@@]4(CCCC[C@@H]3O)C[C@H](c3ccccc3)[C@@H](Cc3ccccc3)C3(CCCC3)[C@@H]4CO)C=C12. The third-order valence-corrected chi connectivity index (χ3v) is 22.6. The Kier molecular flexibility index (Phi) is 17.2. The van der Waals surface area contributed by atoms with E-state index >= 15 is 0 Å². The standard InChI is InChI=1S/C66H83N3O7S2/c1-2-42-29-45-32-57(73)59(76-60-33-46(30-48-18-13-26-68-48)49-21-27-69-64(67)54(49)40-78-77-39-47(37-70)63(60)75)35-51(45)52-34-58(74)62-44(31-50(42)52)20-25-65(22-10-9-19-56(62)72)36-53(43-16-7-4-8-17-43)55(28-41-14-5-3-6-15-41)66(61(65)38-71)23-11-12-24-66/h3-8,13-18,21,26,31-32,35,42,44,46-47,52-53,55-56,58,60-63,68-75H,2,9-12,19,22-24,27-30,33-34,36-40,67H2,1H3/t42-,44-,46-,47+,52-,53-,55-,56+,58-,60+,61-,62+,63+,65+/m1/s1. The molecular weight excluding hydrogens is 1010 g/mol. The molecule has 10 N–H and O–H groups in total. The van der Waals surface area contributed by atoms with Gasteiger partial charge in [-0.15, -0.1) is 0 Å². The van der Waals surface area contributed by atoms with E-state index in [2.05, 4.69) is 108 Å². The van der Waals surface area contributed by atoms with E-state index in [1.807, 2.05) is 24.4 Å². The summed E-state index contributed by atoms with van der Waals surface area (Å²) in [5, 5.41) is 75.6. The monoisotopic (exact) mass is 1090 g/mol. The second-order valence-corrected chi connectivity index (χ2v) is 26.8. The van der Waals surface area contributed by atoms with Crippen molar-refractivity contribution >= 4 is 21.6 Å². The number of ether oxygens (including phenoxy) is 1. The maximum absolute atomic E-state index is 12.8. The number of nitrogens with one attached hydrogen (secondary N) is 2. The molecule has 416 valence electrons. The van der Waals surface area contributed by atoms with Gasteiger partial charge in [0.1, 0.15) is 11.9 Å². The third kappa shape index (κ3) is 11.0. The molecule has 3 heterocycles. The number of rotatable bonds is 10.